The first-order chi connectivity index (χ1) is 9.01. The van der Waals surface area contributed by atoms with E-state index in [-0.39, 0.29) is 5.92 Å². The summed E-state index contributed by atoms with van der Waals surface area (Å²) in [6.45, 7) is 9.07. The first-order valence-electron chi connectivity index (χ1n) is 6.72. The molecule has 0 spiro atoms. The van der Waals surface area contributed by atoms with Gasteiger partial charge in [0.1, 0.15) is 5.75 Å². The van der Waals surface area contributed by atoms with Crippen LogP contribution in [0.4, 0.5) is 0 Å². The molecular weight excluding hydrogens is 238 g/mol. The lowest BCUT2D eigenvalue weighted by Gasteiger charge is -2.21. The van der Waals surface area contributed by atoms with Gasteiger partial charge >= 0.3 is 0 Å². The number of benzene rings is 1. The number of aliphatic imine (C=N–C) groups is 1. The number of hydrogen-bond acceptors (Lipinski definition) is 3. The van der Waals surface area contributed by atoms with E-state index in [1.165, 1.54) is 11.1 Å². The van der Waals surface area contributed by atoms with E-state index in [1.807, 2.05) is 6.07 Å². The molecular formula is C16H23NO2. The molecule has 0 aliphatic carbocycles. The fourth-order valence-electron chi connectivity index (χ4n) is 2.27. The first-order valence-corrected chi connectivity index (χ1v) is 6.72. The van der Waals surface area contributed by atoms with E-state index in [9.17, 15) is 4.79 Å². The molecule has 0 fully saturated rings. The molecule has 19 heavy (non-hydrogen) atoms. The number of methoxy groups -OCH3 is 1. The van der Waals surface area contributed by atoms with Crippen LogP contribution in [0.1, 0.15) is 50.7 Å². The second kappa shape index (κ2) is 7.10. The maximum atomic E-state index is 10.3. The highest BCUT2D eigenvalue weighted by molar-refractivity contribution is 5.41. The molecule has 104 valence electrons. The van der Waals surface area contributed by atoms with Gasteiger partial charge in [-0.1, -0.05) is 39.8 Å². The number of carbonyl (C=O) groups excluding carboxylic acids is 1. The van der Waals surface area contributed by atoms with Gasteiger partial charge in [0, 0.05) is 5.92 Å². The van der Waals surface area contributed by atoms with Gasteiger partial charge in [0.05, 0.1) is 13.7 Å². The molecule has 0 saturated carbocycles. The van der Waals surface area contributed by atoms with Gasteiger partial charge in [-0.25, -0.2) is 9.79 Å². The van der Waals surface area contributed by atoms with Crippen molar-refractivity contribution < 1.29 is 9.53 Å². The van der Waals surface area contributed by atoms with Gasteiger partial charge in [0.15, 0.2) is 0 Å². The highest BCUT2D eigenvalue weighted by Gasteiger charge is 2.18. The summed E-state index contributed by atoms with van der Waals surface area (Å²) >= 11 is 0. The molecule has 1 rings (SSSR count). The van der Waals surface area contributed by atoms with Gasteiger partial charge in [-0.15, -0.1) is 0 Å². The maximum Gasteiger partial charge on any atom is 0.234 e. The minimum atomic E-state index is 0.241. The molecule has 3 heteroatoms. The zero-order valence-corrected chi connectivity index (χ0v) is 12.4. The van der Waals surface area contributed by atoms with Crippen LogP contribution < -0.4 is 4.74 Å². The van der Waals surface area contributed by atoms with Crippen molar-refractivity contribution in [1.29, 1.82) is 0 Å². The van der Waals surface area contributed by atoms with Crippen molar-refractivity contribution in [2.24, 2.45) is 10.9 Å². The van der Waals surface area contributed by atoms with Crippen molar-refractivity contribution in [2.45, 2.75) is 39.5 Å². The van der Waals surface area contributed by atoms with Crippen LogP contribution in [-0.2, 0) is 4.79 Å². The quantitative estimate of drug-likeness (QED) is 0.575. The predicted octanol–water partition coefficient (Wildman–Crippen LogP) is 3.89. The third kappa shape index (κ3) is 3.93. The minimum absolute atomic E-state index is 0.241. The van der Waals surface area contributed by atoms with E-state index in [4.69, 9.17) is 4.74 Å². The molecule has 0 radical (unpaired) electrons. The van der Waals surface area contributed by atoms with E-state index in [2.05, 4.69) is 44.8 Å². The molecule has 0 aliphatic rings. The van der Waals surface area contributed by atoms with E-state index >= 15 is 0 Å². The number of nitrogens with zero attached hydrogens (tertiary/aromatic N) is 1. The third-order valence-electron chi connectivity index (χ3n) is 3.46. The Labute approximate surface area is 115 Å². The van der Waals surface area contributed by atoms with Gasteiger partial charge < -0.3 is 4.74 Å². The Bertz CT molecular complexity index is 460. The highest BCUT2D eigenvalue weighted by atomic mass is 16.5. The molecule has 0 aliphatic heterocycles. The molecule has 0 saturated heterocycles. The molecule has 0 N–H and O–H groups in total. The van der Waals surface area contributed by atoms with Crippen molar-refractivity contribution in [3.05, 3.63) is 29.3 Å². The smallest absolute Gasteiger partial charge is 0.234 e. The van der Waals surface area contributed by atoms with Crippen molar-refractivity contribution in [3.8, 4) is 5.75 Å². The highest BCUT2D eigenvalue weighted by Crippen LogP contribution is 2.32. The second-order valence-electron chi connectivity index (χ2n) is 5.44. The molecule has 0 bridgehead atoms. The van der Waals surface area contributed by atoms with Gasteiger partial charge in [0.2, 0.25) is 6.08 Å². The molecule has 1 aromatic rings. The Hall–Kier alpha value is -1.60. The van der Waals surface area contributed by atoms with Crippen LogP contribution in [0.25, 0.3) is 0 Å². The van der Waals surface area contributed by atoms with Crippen molar-refractivity contribution >= 4 is 6.08 Å². The summed E-state index contributed by atoms with van der Waals surface area (Å²) in [4.78, 5) is 14.1. The summed E-state index contributed by atoms with van der Waals surface area (Å²) in [5.41, 5.74) is 2.40. The average molecular weight is 261 g/mol. The monoisotopic (exact) mass is 261 g/mol. The summed E-state index contributed by atoms with van der Waals surface area (Å²) in [7, 11) is 1.69. The van der Waals surface area contributed by atoms with Crippen LogP contribution >= 0.6 is 0 Å². The number of ether oxygens (including phenoxy) is 1. The SMILES string of the molecule is COc1ccc(C(CN=C=O)C(C)C)cc1C(C)C. The first kappa shape index (κ1) is 15.5. The summed E-state index contributed by atoms with van der Waals surface area (Å²) in [6, 6.07) is 6.24. The second-order valence-corrected chi connectivity index (χ2v) is 5.44. The zero-order valence-electron chi connectivity index (χ0n) is 12.4. The summed E-state index contributed by atoms with van der Waals surface area (Å²) < 4.78 is 5.40. The Balaban J connectivity index is 3.17. The van der Waals surface area contributed by atoms with Crippen molar-refractivity contribution in [2.75, 3.05) is 13.7 Å². The maximum absolute atomic E-state index is 10.3. The molecule has 1 unspecified atom stereocenters. The minimum Gasteiger partial charge on any atom is -0.496 e. The van der Waals surface area contributed by atoms with Gasteiger partial charge in [-0.2, -0.15) is 0 Å². The largest absolute Gasteiger partial charge is 0.496 e. The lowest BCUT2D eigenvalue weighted by Crippen LogP contribution is -2.11. The van der Waals surface area contributed by atoms with Crippen LogP contribution in [-0.4, -0.2) is 19.7 Å². The zero-order chi connectivity index (χ0) is 14.4. The Kier molecular flexibility index (Phi) is 5.78. The van der Waals surface area contributed by atoms with Gasteiger partial charge in [-0.3, -0.25) is 0 Å². The molecule has 0 heterocycles. The van der Waals surface area contributed by atoms with E-state index < -0.39 is 0 Å². The van der Waals surface area contributed by atoms with E-state index in [1.54, 1.807) is 13.2 Å². The summed E-state index contributed by atoms with van der Waals surface area (Å²) in [6.07, 6.45) is 1.63. The fourth-order valence-corrected chi connectivity index (χ4v) is 2.27. The molecule has 0 aromatic heterocycles. The summed E-state index contributed by atoms with van der Waals surface area (Å²) in [5, 5.41) is 0. The van der Waals surface area contributed by atoms with Crippen LogP contribution in [0.3, 0.4) is 0 Å². The Morgan fingerprint density at radius 1 is 1.26 bits per heavy atom. The molecule has 3 nitrogen and oxygen atoms in total. The van der Waals surface area contributed by atoms with Crippen molar-refractivity contribution in [1.82, 2.24) is 0 Å². The number of isocyanates is 1. The van der Waals surface area contributed by atoms with Crippen molar-refractivity contribution in [3.63, 3.8) is 0 Å². The normalized spacial score (nSPS) is 12.4. The van der Waals surface area contributed by atoms with Crippen LogP contribution in [0.5, 0.6) is 5.75 Å². The molecule has 0 amide bonds. The summed E-state index contributed by atoms with van der Waals surface area (Å²) in [5.74, 6) is 1.98. The van der Waals surface area contributed by atoms with Gasteiger partial charge in [-0.05, 0) is 29.0 Å². The Morgan fingerprint density at radius 3 is 2.42 bits per heavy atom. The fraction of sp³-hybridized carbons (Fsp3) is 0.562. The topological polar surface area (TPSA) is 38.7 Å². The standard InChI is InChI=1S/C16H23NO2/c1-11(2)14-8-13(6-7-16(14)19-5)15(12(3)4)9-17-10-18/h6-8,11-12,15H,9H2,1-5H3. The predicted molar refractivity (Wildman–Crippen MR) is 77.7 cm³/mol. The van der Waals surface area contributed by atoms with Crippen LogP contribution in [0.2, 0.25) is 0 Å². The lowest BCUT2D eigenvalue weighted by atomic mass is 9.86. The lowest BCUT2D eigenvalue weighted by molar-refractivity contribution is 0.406. The molecule has 1 atom stereocenters. The number of rotatable bonds is 6. The Morgan fingerprint density at radius 2 is 1.95 bits per heavy atom. The van der Waals surface area contributed by atoms with Crippen LogP contribution in [0.15, 0.2) is 23.2 Å². The van der Waals surface area contributed by atoms with Crippen LogP contribution in [0, 0.1) is 5.92 Å². The van der Waals surface area contributed by atoms with Gasteiger partial charge in [0.25, 0.3) is 0 Å². The van der Waals surface area contributed by atoms with E-state index in [0.717, 1.165) is 5.75 Å². The number of hydrogen-bond donors (Lipinski definition) is 0. The average Bonchev–Trinajstić information content (AvgIpc) is 2.38. The third-order valence-corrected chi connectivity index (χ3v) is 3.46. The van der Waals surface area contributed by atoms with E-state index in [0.29, 0.717) is 18.4 Å². The molecule has 1 aromatic carbocycles.